The molecule has 0 spiro atoms. The van der Waals surface area contributed by atoms with Crippen molar-refractivity contribution in [3.05, 3.63) is 33.8 Å². The Bertz CT molecular complexity index is 503. The Hall–Kier alpha value is -1.26. The van der Waals surface area contributed by atoms with E-state index >= 15 is 0 Å². The van der Waals surface area contributed by atoms with Crippen LogP contribution in [0.2, 0.25) is 10.0 Å². The van der Waals surface area contributed by atoms with Gasteiger partial charge in [0.1, 0.15) is 0 Å². The number of carbonyl (C=O) groups excluding carboxylic acids is 1. The van der Waals surface area contributed by atoms with Crippen molar-refractivity contribution in [2.24, 2.45) is 0 Å². The Morgan fingerprint density at radius 2 is 1.90 bits per heavy atom. The molecule has 110 valence electrons. The number of carboxylic acids is 1. The van der Waals surface area contributed by atoms with Crippen LogP contribution in [-0.2, 0) is 4.79 Å². The van der Waals surface area contributed by atoms with Gasteiger partial charge in [-0.3, -0.25) is 9.59 Å². The number of nitrogens with zero attached hydrogens (tertiary/aromatic N) is 1. The minimum atomic E-state index is -0.865. The third kappa shape index (κ3) is 4.69. The van der Waals surface area contributed by atoms with E-state index in [1.165, 1.54) is 6.07 Å². The Labute approximate surface area is 128 Å². The molecule has 0 heterocycles. The summed E-state index contributed by atoms with van der Waals surface area (Å²) in [4.78, 5) is 24.6. The number of halogens is 2. The van der Waals surface area contributed by atoms with E-state index in [-0.39, 0.29) is 18.4 Å². The molecule has 0 saturated carbocycles. The monoisotopic (exact) mass is 317 g/mol. The summed E-state index contributed by atoms with van der Waals surface area (Å²) in [5.74, 6) is -1.04. The predicted molar refractivity (Wildman–Crippen MR) is 79.5 cm³/mol. The van der Waals surface area contributed by atoms with Crippen molar-refractivity contribution in [1.82, 2.24) is 4.90 Å². The summed E-state index contributed by atoms with van der Waals surface area (Å²) in [6.07, 6.45) is 0.457. The second-order valence-electron chi connectivity index (χ2n) is 4.72. The summed E-state index contributed by atoms with van der Waals surface area (Å²) in [6, 6.07) is 4.69. The lowest BCUT2D eigenvalue weighted by Gasteiger charge is -2.26. The molecule has 0 aliphatic heterocycles. The molecule has 20 heavy (non-hydrogen) atoms. The van der Waals surface area contributed by atoms with Crippen LogP contribution in [0, 0.1) is 0 Å². The third-order valence-corrected chi connectivity index (χ3v) is 3.58. The molecule has 0 atom stereocenters. The van der Waals surface area contributed by atoms with Crippen LogP contribution in [0.3, 0.4) is 0 Å². The fourth-order valence-corrected chi connectivity index (χ4v) is 2.09. The zero-order chi connectivity index (χ0) is 15.3. The highest BCUT2D eigenvalue weighted by atomic mass is 35.5. The SMILES string of the molecule is CC(C)N(CCCC(=O)O)C(=O)c1ccc(Cl)c(Cl)c1. The van der Waals surface area contributed by atoms with E-state index < -0.39 is 5.97 Å². The molecule has 1 amide bonds. The smallest absolute Gasteiger partial charge is 0.303 e. The molecule has 0 radical (unpaired) electrons. The molecule has 1 rings (SSSR count). The second kappa shape index (κ2) is 7.50. The van der Waals surface area contributed by atoms with Crippen LogP contribution in [-0.4, -0.2) is 34.5 Å². The third-order valence-electron chi connectivity index (χ3n) is 2.84. The fourth-order valence-electron chi connectivity index (χ4n) is 1.79. The predicted octanol–water partition coefficient (Wildman–Crippen LogP) is 3.71. The van der Waals surface area contributed by atoms with E-state index in [4.69, 9.17) is 28.3 Å². The molecular weight excluding hydrogens is 301 g/mol. The van der Waals surface area contributed by atoms with Crippen molar-refractivity contribution in [2.75, 3.05) is 6.54 Å². The zero-order valence-electron chi connectivity index (χ0n) is 11.4. The molecule has 0 unspecified atom stereocenters. The molecule has 0 saturated heterocycles. The van der Waals surface area contributed by atoms with Gasteiger partial charge < -0.3 is 10.0 Å². The summed E-state index contributed by atoms with van der Waals surface area (Å²) in [7, 11) is 0. The van der Waals surface area contributed by atoms with Gasteiger partial charge in [-0.05, 0) is 38.5 Å². The van der Waals surface area contributed by atoms with Gasteiger partial charge >= 0.3 is 5.97 Å². The van der Waals surface area contributed by atoms with E-state index in [2.05, 4.69) is 0 Å². The highest BCUT2D eigenvalue weighted by Gasteiger charge is 2.19. The average molecular weight is 318 g/mol. The second-order valence-corrected chi connectivity index (χ2v) is 5.53. The minimum absolute atomic E-state index is 0.0225. The Kier molecular flexibility index (Phi) is 6.30. The van der Waals surface area contributed by atoms with E-state index in [0.717, 1.165) is 0 Å². The Morgan fingerprint density at radius 3 is 2.40 bits per heavy atom. The van der Waals surface area contributed by atoms with Crippen LogP contribution >= 0.6 is 23.2 Å². The van der Waals surface area contributed by atoms with Crippen molar-refractivity contribution in [3.63, 3.8) is 0 Å². The first kappa shape index (κ1) is 16.8. The number of hydrogen-bond donors (Lipinski definition) is 1. The summed E-state index contributed by atoms with van der Waals surface area (Å²) < 4.78 is 0. The molecule has 1 N–H and O–H groups in total. The number of amides is 1. The highest BCUT2D eigenvalue weighted by Crippen LogP contribution is 2.23. The molecule has 4 nitrogen and oxygen atoms in total. The minimum Gasteiger partial charge on any atom is -0.481 e. The van der Waals surface area contributed by atoms with Gasteiger partial charge in [-0.25, -0.2) is 0 Å². The van der Waals surface area contributed by atoms with Crippen LogP contribution in [0.15, 0.2) is 18.2 Å². The molecule has 1 aromatic rings. The van der Waals surface area contributed by atoms with Crippen LogP contribution in [0.1, 0.15) is 37.0 Å². The topological polar surface area (TPSA) is 57.6 Å². The van der Waals surface area contributed by atoms with Crippen molar-refractivity contribution in [3.8, 4) is 0 Å². The summed E-state index contributed by atoms with van der Waals surface area (Å²) >= 11 is 11.7. The van der Waals surface area contributed by atoms with Crippen molar-refractivity contribution >= 4 is 35.1 Å². The lowest BCUT2D eigenvalue weighted by atomic mass is 10.1. The van der Waals surface area contributed by atoms with Gasteiger partial charge in [-0.2, -0.15) is 0 Å². The van der Waals surface area contributed by atoms with Crippen LogP contribution in [0.25, 0.3) is 0 Å². The summed E-state index contributed by atoms with van der Waals surface area (Å²) in [6.45, 7) is 4.16. The first-order valence-electron chi connectivity index (χ1n) is 6.30. The summed E-state index contributed by atoms with van der Waals surface area (Å²) in [5, 5.41) is 9.37. The average Bonchev–Trinajstić information content (AvgIpc) is 2.36. The maximum Gasteiger partial charge on any atom is 0.303 e. The molecule has 0 fully saturated rings. The van der Waals surface area contributed by atoms with E-state index in [1.807, 2.05) is 13.8 Å². The van der Waals surface area contributed by atoms with Gasteiger partial charge in [0.25, 0.3) is 5.91 Å². The first-order chi connectivity index (χ1) is 9.32. The number of aliphatic carboxylic acids is 1. The van der Waals surface area contributed by atoms with Crippen molar-refractivity contribution in [1.29, 1.82) is 0 Å². The van der Waals surface area contributed by atoms with Gasteiger partial charge in [0.2, 0.25) is 0 Å². The molecule has 1 aromatic carbocycles. The van der Waals surface area contributed by atoms with Gasteiger partial charge in [0, 0.05) is 24.6 Å². The van der Waals surface area contributed by atoms with Gasteiger partial charge in [-0.15, -0.1) is 0 Å². The maximum atomic E-state index is 12.4. The number of rotatable bonds is 6. The van der Waals surface area contributed by atoms with Crippen LogP contribution in [0.5, 0.6) is 0 Å². The number of hydrogen-bond acceptors (Lipinski definition) is 2. The van der Waals surface area contributed by atoms with Crippen molar-refractivity contribution in [2.45, 2.75) is 32.7 Å². The van der Waals surface area contributed by atoms with Gasteiger partial charge in [0.15, 0.2) is 0 Å². The standard InChI is InChI=1S/C14H17Cl2NO3/c1-9(2)17(7-3-4-13(18)19)14(20)10-5-6-11(15)12(16)8-10/h5-6,8-9H,3-4,7H2,1-2H3,(H,18,19). The van der Waals surface area contributed by atoms with Crippen LogP contribution < -0.4 is 0 Å². The Balaban J connectivity index is 2.82. The summed E-state index contributed by atoms with van der Waals surface area (Å²) in [5.41, 5.74) is 0.448. The quantitative estimate of drug-likeness (QED) is 0.870. The molecule has 6 heteroatoms. The largest absolute Gasteiger partial charge is 0.481 e. The van der Waals surface area contributed by atoms with E-state index in [1.54, 1.807) is 17.0 Å². The number of carboxylic acid groups (broad SMARTS) is 1. The zero-order valence-corrected chi connectivity index (χ0v) is 12.9. The molecular formula is C14H17Cl2NO3. The lowest BCUT2D eigenvalue weighted by molar-refractivity contribution is -0.137. The lowest BCUT2D eigenvalue weighted by Crippen LogP contribution is -2.37. The van der Waals surface area contributed by atoms with Gasteiger partial charge in [-0.1, -0.05) is 23.2 Å². The van der Waals surface area contributed by atoms with E-state index in [9.17, 15) is 9.59 Å². The van der Waals surface area contributed by atoms with Gasteiger partial charge in [0.05, 0.1) is 10.0 Å². The molecule has 0 aliphatic rings. The number of benzene rings is 1. The molecule has 0 aliphatic carbocycles. The maximum absolute atomic E-state index is 12.4. The van der Waals surface area contributed by atoms with E-state index in [0.29, 0.717) is 28.6 Å². The first-order valence-corrected chi connectivity index (χ1v) is 7.06. The van der Waals surface area contributed by atoms with Crippen molar-refractivity contribution < 1.29 is 14.7 Å². The molecule has 0 bridgehead atoms. The van der Waals surface area contributed by atoms with Crippen LogP contribution in [0.4, 0.5) is 0 Å². The molecule has 0 aromatic heterocycles. The Morgan fingerprint density at radius 1 is 1.25 bits per heavy atom. The normalized spacial score (nSPS) is 10.7. The highest BCUT2D eigenvalue weighted by molar-refractivity contribution is 6.42. The number of carbonyl (C=O) groups is 2. The fraction of sp³-hybridized carbons (Fsp3) is 0.429.